The molecule has 2 aliphatic heterocycles. The molecule has 72 valence electrons. The van der Waals surface area contributed by atoms with E-state index in [9.17, 15) is 4.79 Å². The van der Waals surface area contributed by atoms with Crippen LogP contribution in [0.5, 0.6) is 0 Å². The van der Waals surface area contributed by atoms with Crippen LogP contribution in [0.2, 0.25) is 0 Å². The number of amides is 1. The number of β-amino-alcohol motifs (C(OH)–C–C–N with tert-alkyl or cyclic N) is 1. The van der Waals surface area contributed by atoms with Crippen molar-refractivity contribution in [1.82, 2.24) is 4.90 Å². The van der Waals surface area contributed by atoms with E-state index in [2.05, 4.69) is 0 Å². The van der Waals surface area contributed by atoms with Gasteiger partial charge in [0.05, 0.1) is 19.3 Å². The van der Waals surface area contributed by atoms with E-state index in [0.29, 0.717) is 24.9 Å². The van der Waals surface area contributed by atoms with Gasteiger partial charge in [0.1, 0.15) is 0 Å². The Kier molecular flexibility index (Phi) is 1.46. The largest absolute Gasteiger partial charge is 0.389 e. The number of rotatable bonds is 1. The van der Waals surface area contributed by atoms with Gasteiger partial charge in [-0.2, -0.15) is 0 Å². The number of likely N-dealkylation sites (tertiary alicyclic amines) is 1. The van der Waals surface area contributed by atoms with E-state index in [0.717, 1.165) is 13.2 Å². The lowest BCUT2D eigenvalue weighted by atomic mass is 10.1. The quantitative estimate of drug-likeness (QED) is 0.572. The predicted molar refractivity (Wildman–Crippen MR) is 43.9 cm³/mol. The lowest BCUT2D eigenvalue weighted by Crippen LogP contribution is -2.54. The number of hydrogen-bond donors (Lipinski definition) is 1. The third kappa shape index (κ3) is 1.02. The summed E-state index contributed by atoms with van der Waals surface area (Å²) in [5, 5.41) is 9.05. The van der Waals surface area contributed by atoms with Crippen molar-refractivity contribution in [3.8, 4) is 0 Å². The lowest BCUT2D eigenvalue weighted by molar-refractivity contribution is -0.144. The Bertz CT molecular complexity index is 239. The molecule has 0 aromatic carbocycles. The van der Waals surface area contributed by atoms with Gasteiger partial charge in [-0.05, 0) is 11.8 Å². The molecule has 2 saturated heterocycles. The average Bonchev–Trinajstić information content (AvgIpc) is 2.53. The van der Waals surface area contributed by atoms with Crippen LogP contribution in [0.4, 0.5) is 0 Å². The first-order valence-electron chi connectivity index (χ1n) is 4.82. The minimum Gasteiger partial charge on any atom is -0.389 e. The molecule has 0 radical (unpaired) electrons. The van der Waals surface area contributed by atoms with Gasteiger partial charge in [0.2, 0.25) is 5.91 Å². The Balaban J connectivity index is 1.59. The maximum absolute atomic E-state index is 11.7. The molecule has 2 unspecified atom stereocenters. The molecule has 4 nitrogen and oxygen atoms in total. The number of aliphatic hydroxyl groups excluding tert-OH is 1. The molecule has 3 rings (SSSR count). The highest BCUT2D eigenvalue weighted by molar-refractivity contribution is 5.83. The van der Waals surface area contributed by atoms with Crippen molar-refractivity contribution in [2.75, 3.05) is 26.3 Å². The van der Waals surface area contributed by atoms with Crippen LogP contribution in [0.25, 0.3) is 0 Å². The van der Waals surface area contributed by atoms with E-state index in [4.69, 9.17) is 9.84 Å². The maximum atomic E-state index is 11.7. The Labute approximate surface area is 76.5 Å². The minimum absolute atomic E-state index is 0.223. The lowest BCUT2D eigenvalue weighted by Gasteiger charge is -2.36. The van der Waals surface area contributed by atoms with Crippen LogP contribution in [-0.4, -0.2) is 48.3 Å². The Morgan fingerprint density at radius 1 is 1.31 bits per heavy atom. The van der Waals surface area contributed by atoms with Crippen LogP contribution in [0.3, 0.4) is 0 Å². The topological polar surface area (TPSA) is 49.8 Å². The van der Waals surface area contributed by atoms with Crippen LogP contribution < -0.4 is 0 Å². The number of carbonyl (C=O) groups excluding carboxylic acids is 1. The zero-order chi connectivity index (χ0) is 9.00. The molecule has 1 amide bonds. The second kappa shape index (κ2) is 2.45. The van der Waals surface area contributed by atoms with Crippen molar-refractivity contribution in [2.24, 2.45) is 17.8 Å². The van der Waals surface area contributed by atoms with E-state index in [1.54, 1.807) is 4.90 Å². The second-order valence-corrected chi connectivity index (χ2v) is 4.29. The first kappa shape index (κ1) is 7.76. The Hall–Kier alpha value is -0.610. The van der Waals surface area contributed by atoms with Crippen molar-refractivity contribution in [1.29, 1.82) is 0 Å². The van der Waals surface area contributed by atoms with Crippen molar-refractivity contribution in [2.45, 2.75) is 6.10 Å². The zero-order valence-corrected chi connectivity index (χ0v) is 7.35. The number of aliphatic hydroxyl groups is 1. The van der Waals surface area contributed by atoms with Gasteiger partial charge in [-0.25, -0.2) is 0 Å². The van der Waals surface area contributed by atoms with E-state index in [1.807, 2.05) is 0 Å². The molecule has 2 heterocycles. The van der Waals surface area contributed by atoms with Gasteiger partial charge in [0.15, 0.2) is 0 Å². The van der Waals surface area contributed by atoms with Crippen LogP contribution in [-0.2, 0) is 9.53 Å². The zero-order valence-electron chi connectivity index (χ0n) is 7.35. The summed E-state index contributed by atoms with van der Waals surface area (Å²) in [5.41, 5.74) is 0. The molecule has 0 aromatic heterocycles. The number of nitrogens with zero attached hydrogens (tertiary/aromatic N) is 1. The fourth-order valence-electron chi connectivity index (χ4n) is 2.45. The molecule has 2 atom stereocenters. The predicted octanol–water partition coefficient (Wildman–Crippen LogP) is -0.918. The minimum atomic E-state index is -0.279. The smallest absolute Gasteiger partial charge is 0.226 e. The summed E-state index contributed by atoms with van der Waals surface area (Å²) >= 11 is 0. The summed E-state index contributed by atoms with van der Waals surface area (Å²) in [6.45, 7) is 2.60. The third-order valence-corrected chi connectivity index (χ3v) is 3.41. The van der Waals surface area contributed by atoms with Crippen molar-refractivity contribution >= 4 is 5.91 Å². The van der Waals surface area contributed by atoms with Gasteiger partial charge in [-0.1, -0.05) is 0 Å². The third-order valence-electron chi connectivity index (χ3n) is 3.41. The monoisotopic (exact) mass is 183 g/mol. The fraction of sp³-hybridized carbons (Fsp3) is 0.889. The van der Waals surface area contributed by atoms with Crippen LogP contribution in [0, 0.1) is 17.8 Å². The molecular weight excluding hydrogens is 170 g/mol. The molecule has 1 N–H and O–H groups in total. The van der Waals surface area contributed by atoms with Gasteiger partial charge in [0.25, 0.3) is 0 Å². The molecule has 0 aromatic rings. The molecule has 1 saturated carbocycles. The SMILES string of the molecule is O=C(C1C2COCC21)N1CC(O)C1. The summed E-state index contributed by atoms with van der Waals surface area (Å²) in [4.78, 5) is 13.5. The molecule has 4 heteroatoms. The van der Waals surface area contributed by atoms with Gasteiger partial charge in [-0.3, -0.25) is 4.79 Å². The van der Waals surface area contributed by atoms with E-state index < -0.39 is 0 Å². The van der Waals surface area contributed by atoms with E-state index in [1.165, 1.54) is 0 Å². The van der Waals surface area contributed by atoms with Crippen molar-refractivity contribution in [3.05, 3.63) is 0 Å². The first-order valence-corrected chi connectivity index (χ1v) is 4.82. The summed E-state index contributed by atoms with van der Waals surface area (Å²) < 4.78 is 5.22. The molecule has 3 aliphatic rings. The summed E-state index contributed by atoms with van der Waals surface area (Å²) in [6.07, 6.45) is -0.279. The molecule has 3 fully saturated rings. The molecule has 0 bridgehead atoms. The molecular formula is C9H13NO3. The Morgan fingerprint density at radius 3 is 2.46 bits per heavy atom. The van der Waals surface area contributed by atoms with E-state index in [-0.39, 0.29) is 17.9 Å². The second-order valence-electron chi connectivity index (χ2n) is 4.29. The highest BCUT2D eigenvalue weighted by Gasteiger charge is 2.59. The van der Waals surface area contributed by atoms with Gasteiger partial charge >= 0.3 is 0 Å². The first-order chi connectivity index (χ1) is 6.27. The highest BCUT2D eigenvalue weighted by atomic mass is 16.5. The number of ether oxygens (including phenoxy) is 1. The van der Waals surface area contributed by atoms with Crippen LogP contribution >= 0.6 is 0 Å². The molecule has 0 spiro atoms. The normalized spacial score (nSPS) is 42.8. The summed E-state index contributed by atoms with van der Waals surface area (Å²) in [7, 11) is 0. The molecule has 1 aliphatic carbocycles. The average molecular weight is 183 g/mol. The fourth-order valence-corrected chi connectivity index (χ4v) is 2.45. The van der Waals surface area contributed by atoms with Crippen molar-refractivity contribution < 1.29 is 14.6 Å². The van der Waals surface area contributed by atoms with Crippen LogP contribution in [0.15, 0.2) is 0 Å². The van der Waals surface area contributed by atoms with Gasteiger partial charge in [0, 0.05) is 19.0 Å². The van der Waals surface area contributed by atoms with Crippen molar-refractivity contribution in [3.63, 3.8) is 0 Å². The standard InChI is InChI=1S/C9H13NO3/c11-5-1-10(2-5)9(12)8-6-3-13-4-7(6)8/h5-8,11H,1-4H2. The van der Waals surface area contributed by atoms with Gasteiger partial charge < -0.3 is 14.7 Å². The maximum Gasteiger partial charge on any atom is 0.226 e. The number of carbonyl (C=O) groups is 1. The number of hydrogen-bond acceptors (Lipinski definition) is 3. The highest BCUT2D eigenvalue weighted by Crippen LogP contribution is 2.51. The van der Waals surface area contributed by atoms with Crippen LogP contribution in [0.1, 0.15) is 0 Å². The summed E-state index contributed by atoms with van der Waals surface area (Å²) in [5.74, 6) is 1.44. The summed E-state index contributed by atoms with van der Waals surface area (Å²) in [6, 6.07) is 0. The molecule has 13 heavy (non-hydrogen) atoms. The van der Waals surface area contributed by atoms with E-state index >= 15 is 0 Å². The Morgan fingerprint density at radius 2 is 1.92 bits per heavy atom. The number of fused-ring (bicyclic) bond motifs is 1. The van der Waals surface area contributed by atoms with Gasteiger partial charge in [-0.15, -0.1) is 0 Å².